The molecule has 2 rings (SSSR count). The molecule has 0 bridgehead atoms. The maximum atomic E-state index is 12.3. The molecule has 6 nitrogen and oxygen atoms in total. The van der Waals surface area contributed by atoms with Gasteiger partial charge in [-0.1, -0.05) is 0 Å². The van der Waals surface area contributed by atoms with Gasteiger partial charge in [0, 0.05) is 16.7 Å². The third-order valence-corrected chi connectivity index (χ3v) is 7.56. The Labute approximate surface area is 133 Å². The lowest BCUT2D eigenvalue weighted by molar-refractivity contribution is 0.543. The van der Waals surface area contributed by atoms with E-state index in [0.29, 0.717) is 22.1 Å². The second-order valence-corrected chi connectivity index (χ2v) is 10.1. The Balaban J connectivity index is 2.14. The number of hydrogen-bond donors (Lipinski definition) is 2. The first-order valence-corrected chi connectivity index (χ1v) is 10.5. The van der Waals surface area contributed by atoms with E-state index in [0.717, 1.165) is 0 Å². The van der Waals surface area contributed by atoms with Crippen LogP contribution in [0.4, 0.5) is 5.69 Å². The van der Waals surface area contributed by atoms with Gasteiger partial charge in [0.05, 0.1) is 16.4 Å². The van der Waals surface area contributed by atoms with E-state index in [1.165, 1.54) is 6.07 Å². The zero-order valence-corrected chi connectivity index (χ0v) is 14.7. The molecular formula is C12H17BrN2O4S2. The molecule has 0 aromatic heterocycles. The molecule has 3 N–H and O–H groups in total. The number of sulfonamides is 1. The summed E-state index contributed by atoms with van der Waals surface area (Å²) < 4.78 is 50.5. The van der Waals surface area contributed by atoms with Gasteiger partial charge in [-0.3, -0.25) is 0 Å². The molecule has 0 amide bonds. The highest BCUT2D eigenvalue weighted by Crippen LogP contribution is 2.27. The molecule has 1 atom stereocenters. The lowest BCUT2D eigenvalue weighted by Crippen LogP contribution is -2.30. The van der Waals surface area contributed by atoms with Crippen LogP contribution >= 0.6 is 15.9 Å². The molecule has 1 saturated heterocycles. The Morgan fingerprint density at radius 1 is 1.43 bits per heavy atom. The molecule has 21 heavy (non-hydrogen) atoms. The summed E-state index contributed by atoms with van der Waals surface area (Å²) in [6.07, 6.45) is 0.492. The summed E-state index contributed by atoms with van der Waals surface area (Å²) in [7, 11) is -6.71. The Bertz CT molecular complexity index is 760. The van der Waals surface area contributed by atoms with Crippen LogP contribution in [-0.2, 0) is 19.9 Å². The van der Waals surface area contributed by atoms with Crippen LogP contribution in [0.25, 0.3) is 0 Å². The van der Waals surface area contributed by atoms with Gasteiger partial charge < -0.3 is 5.73 Å². The first-order chi connectivity index (χ1) is 9.61. The number of nitrogens with one attached hydrogen (secondary N) is 1. The summed E-state index contributed by atoms with van der Waals surface area (Å²) in [5.41, 5.74) is 6.63. The number of nitrogens with two attached hydrogens (primary N) is 1. The number of nitrogen functional groups attached to an aromatic ring is 1. The fraction of sp³-hybridized carbons (Fsp3) is 0.500. The minimum atomic E-state index is -3.70. The predicted octanol–water partition coefficient (Wildman–Crippen LogP) is 1.05. The minimum absolute atomic E-state index is 0.0387. The van der Waals surface area contributed by atoms with Crippen molar-refractivity contribution >= 4 is 41.5 Å². The first-order valence-electron chi connectivity index (χ1n) is 6.36. The summed E-state index contributed by atoms with van der Waals surface area (Å²) in [6.45, 7) is 1.80. The summed E-state index contributed by atoms with van der Waals surface area (Å²) in [5.74, 6) is -0.00134. The van der Waals surface area contributed by atoms with Gasteiger partial charge in [0.15, 0.2) is 9.84 Å². The highest BCUT2D eigenvalue weighted by atomic mass is 79.9. The molecule has 9 heteroatoms. The average molecular weight is 397 g/mol. The van der Waals surface area contributed by atoms with E-state index >= 15 is 0 Å². The van der Waals surface area contributed by atoms with E-state index in [1.807, 2.05) is 0 Å². The standard InChI is InChI=1S/C12H17BrN2O4S2/c1-8-4-10(13)11(14)5-12(8)21(18,19)15-6-9-2-3-20(16,17)7-9/h4-5,9,15H,2-3,6-7,14H2,1H3. The van der Waals surface area contributed by atoms with Crippen molar-refractivity contribution in [1.29, 1.82) is 0 Å². The van der Waals surface area contributed by atoms with Crippen LogP contribution in [0.1, 0.15) is 12.0 Å². The molecule has 0 spiro atoms. The predicted molar refractivity (Wildman–Crippen MR) is 85.2 cm³/mol. The zero-order chi connectivity index (χ0) is 15.8. The maximum Gasteiger partial charge on any atom is 0.240 e. The molecule has 1 unspecified atom stereocenters. The number of anilines is 1. The number of rotatable bonds is 4. The number of halogens is 1. The monoisotopic (exact) mass is 396 g/mol. The highest BCUT2D eigenvalue weighted by Gasteiger charge is 2.29. The summed E-state index contributed by atoms with van der Waals surface area (Å²) >= 11 is 3.25. The molecule has 1 heterocycles. The molecule has 0 aliphatic carbocycles. The fourth-order valence-corrected chi connectivity index (χ4v) is 5.99. The van der Waals surface area contributed by atoms with E-state index in [9.17, 15) is 16.8 Å². The summed E-state index contributed by atoms with van der Waals surface area (Å²) in [5, 5.41) is 0. The molecule has 1 aliphatic heterocycles. The van der Waals surface area contributed by atoms with Crippen molar-refractivity contribution in [2.24, 2.45) is 5.92 Å². The van der Waals surface area contributed by atoms with Gasteiger partial charge in [0.2, 0.25) is 10.0 Å². The number of sulfone groups is 1. The Hall–Kier alpha value is -0.640. The third kappa shape index (κ3) is 3.97. The van der Waals surface area contributed by atoms with Gasteiger partial charge in [0.25, 0.3) is 0 Å². The highest BCUT2D eigenvalue weighted by molar-refractivity contribution is 9.10. The number of aryl methyl sites for hydroxylation is 1. The smallest absolute Gasteiger partial charge is 0.240 e. The number of hydrogen-bond acceptors (Lipinski definition) is 5. The SMILES string of the molecule is Cc1cc(Br)c(N)cc1S(=O)(=O)NCC1CCS(=O)(=O)C1. The zero-order valence-electron chi connectivity index (χ0n) is 11.5. The molecule has 0 saturated carbocycles. The van der Waals surface area contributed by atoms with E-state index in [4.69, 9.17) is 5.73 Å². The van der Waals surface area contributed by atoms with Crippen molar-refractivity contribution < 1.29 is 16.8 Å². The van der Waals surface area contributed by atoms with Crippen LogP contribution in [0.3, 0.4) is 0 Å². The quantitative estimate of drug-likeness (QED) is 0.739. The average Bonchev–Trinajstić information content (AvgIpc) is 2.71. The van der Waals surface area contributed by atoms with Crippen molar-refractivity contribution in [2.45, 2.75) is 18.2 Å². The number of benzene rings is 1. The molecule has 1 aromatic carbocycles. The maximum absolute atomic E-state index is 12.3. The Morgan fingerprint density at radius 3 is 2.67 bits per heavy atom. The molecule has 1 fully saturated rings. The third-order valence-electron chi connectivity index (χ3n) is 3.47. The van der Waals surface area contributed by atoms with Crippen molar-refractivity contribution in [2.75, 3.05) is 23.8 Å². The largest absolute Gasteiger partial charge is 0.398 e. The summed E-state index contributed by atoms with van der Waals surface area (Å²) in [4.78, 5) is 0.115. The summed E-state index contributed by atoms with van der Waals surface area (Å²) in [6, 6.07) is 3.04. The molecular weight excluding hydrogens is 380 g/mol. The van der Waals surface area contributed by atoms with Crippen molar-refractivity contribution in [3.05, 3.63) is 22.2 Å². The van der Waals surface area contributed by atoms with E-state index in [-0.39, 0.29) is 28.9 Å². The van der Waals surface area contributed by atoms with Crippen LogP contribution in [0.15, 0.2) is 21.5 Å². The van der Waals surface area contributed by atoms with Crippen LogP contribution in [0, 0.1) is 12.8 Å². The van der Waals surface area contributed by atoms with Crippen LogP contribution < -0.4 is 10.5 Å². The fourth-order valence-electron chi connectivity index (χ4n) is 2.30. The van der Waals surface area contributed by atoms with Crippen molar-refractivity contribution in [3.8, 4) is 0 Å². The first kappa shape index (κ1) is 16.7. The second kappa shape index (κ2) is 5.86. The minimum Gasteiger partial charge on any atom is -0.398 e. The van der Waals surface area contributed by atoms with Gasteiger partial charge >= 0.3 is 0 Å². The van der Waals surface area contributed by atoms with Crippen LogP contribution in [-0.4, -0.2) is 34.9 Å². The second-order valence-electron chi connectivity index (χ2n) is 5.26. The van der Waals surface area contributed by atoms with E-state index < -0.39 is 19.9 Å². The lowest BCUT2D eigenvalue weighted by Gasteiger charge is -2.13. The van der Waals surface area contributed by atoms with Gasteiger partial charge in [0.1, 0.15) is 0 Å². The molecule has 1 aliphatic rings. The van der Waals surface area contributed by atoms with E-state index in [2.05, 4.69) is 20.7 Å². The van der Waals surface area contributed by atoms with Gasteiger partial charge in [-0.2, -0.15) is 0 Å². The normalized spacial score (nSPS) is 21.5. The van der Waals surface area contributed by atoms with Crippen molar-refractivity contribution in [3.63, 3.8) is 0 Å². The van der Waals surface area contributed by atoms with Gasteiger partial charge in [-0.15, -0.1) is 0 Å². The Morgan fingerprint density at radius 2 is 2.10 bits per heavy atom. The van der Waals surface area contributed by atoms with Gasteiger partial charge in [-0.05, 0) is 52.9 Å². The van der Waals surface area contributed by atoms with Crippen LogP contribution in [0.2, 0.25) is 0 Å². The topological polar surface area (TPSA) is 106 Å². The molecule has 0 radical (unpaired) electrons. The van der Waals surface area contributed by atoms with E-state index in [1.54, 1.807) is 13.0 Å². The van der Waals surface area contributed by atoms with Crippen molar-refractivity contribution in [1.82, 2.24) is 4.72 Å². The van der Waals surface area contributed by atoms with Crippen LogP contribution in [0.5, 0.6) is 0 Å². The molecule has 1 aromatic rings. The van der Waals surface area contributed by atoms with Gasteiger partial charge in [-0.25, -0.2) is 21.6 Å². The lowest BCUT2D eigenvalue weighted by atomic mass is 10.1. The molecule has 118 valence electrons. The Kier molecular flexibility index (Phi) is 4.67.